The molecule has 0 aromatic heterocycles. The molecule has 0 aromatic carbocycles. The van der Waals surface area contributed by atoms with E-state index >= 15 is 0 Å². The molecule has 0 fully saturated rings. The number of rotatable bonds is 62. The lowest BCUT2D eigenvalue weighted by molar-refractivity contribution is -0.161. The van der Waals surface area contributed by atoms with Crippen LogP contribution >= 0.6 is 15.6 Å². The van der Waals surface area contributed by atoms with Crippen molar-refractivity contribution in [1.29, 1.82) is 0 Å². The molecule has 0 rings (SSSR count). The van der Waals surface area contributed by atoms with Gasteiger partial charge in [0.05, 0.1) is 39.3 Å². The highest BCUT2D eigenvalue weighted by molar-refractivity contribution is 7.47. The van der Waals surface area contributed by atoms with Crippen LogP contribution in [0.4, 0.5) is 0 Å². The lowest BCUT2D eigenvalue weighted by Crippen LogP contribution is -2.30. The van der Waals surface area contributed by atoms with Crippen molar-refractivity contribution in [2.45, 2.75) is 251 Å². The highest BCUT2D eigenvalue weighted by atomic mass is 31.2. The third-order valence-corrected chi connectivity index (χ3v) is 15.2. The third-order valence-electron chi connectivity index (χ3n) is 13.3. The van der Waals surface area contributed by atoms with Crippen molar-refractivity contribution < 1.29 is 80.2 Å². The predicted molar refractivity (Wildman–Crippen MR) is 371 cm³/mol. The molecule has 3 N–H and O–H groups in total. The number of aliphatic hydroxyl groups is 1. The van der Waals surface area contributed by atoms with Crippen molar-refractivity contribution in [3.05, 3.63) is 146 Å². The van der Waals surface area contributed by atoms with Gasteiger partial charge in [0.1, 0.15) is 19.3 Å². The Morgan fingerprint density at radius 2 is 0.620 bits per heavy atom. The first kappa shape index (κ1) is 86.9. The van der Waals surface area contributed by atoms with Crippen LogP contribution in [-0.2, 0) is 65.4 Å². The fourth-order valence-electron chi connectivity index (χ4n) is 8.15. The van der Waals surface area contributed by atoms with E-state index < -0.39 is 97.5 Å². The first-order chi connectivity index (χ1) is 44.7. The number of phosphoric ester groups is 2. The molecule has 0 saturated heterocycles. The number of esters is 4. The normalized spacial score (nSPS) is 15.0. The van der Waals surface area contributed by atoms with Gasteiger partial charge in [0.2, 0.25) is 0 Å². The van der Waals surface area contributed by atoms with Gasteiger partial charge in [0, 0.05) is 12.8 Å². The SMILES string of the molecule is CC/C=C\C/C=C\C/C=C\C/C=C\C/C=C\CC(=O)OCC(COP(=O)(O)OCC(O)COP(=O)(O)OCC(COC(=O)CCCCCCC/C=C\CCCC)OC(=O)CCCCCCC/C=C\CCCC)OC(=O)C/C=C\C/C=C\C/C=C\C/C=C\C/C=C\CC. The van der Waals surface area contributed by atoms with Crippen LogP contribution in [0.2, 0.25) is 0 Å². The van der Waals surface area contributed by atoms with E-state index in [1.807, 2.05) is 24.3 Å². The Hall–Kier alpha value is -5.06. The standard InChI is InChI=1S/C73H118O17P2/c1-5-9-13-17-21-25-29-31-33-35-39-42-46-50-54-58-71(76)84-64-69(90-73(78)60-56-52-48-44-40-36-34-32-30-26-22-18-14-10-6-2)66-88-92(81,82)86-62-67(74)61-85-91(79,80)87-65-68(89-72(77)59-55-51-47-43-38-28-24-20-16-12-8-4)63-83-70(75)57-53-49-45-41-37-27-23-19-15-11-7-3/h9-10,13-14,19-26,31-34,39-40,42,44,50,52,54,56,67-69,74H,5-8,11-12,15-18,27-30,35-38,41,43,45-49,51,53,55,57-66H2,1-4H3,(H,79,80)(H,81,82)/b13-9-,14-10-,23-19-,24-20-,25-21-,26-22-,33-31-,34-32-,42-39-,44-40-,54-50-,56-52-. The average Bonchev–Trinajstić information content (AvgIpc) is 2.93. The van der Waals surface area contributed by atoms with Crippen molar-refractivity contribution in [3.8, 4) is 0 Å². The van der Waals surface area contributed by atoms with E-state index in [1.165, 1.54) is 25.7 Å². The molecule has 5 unspecified atom stereocenters. The van der Waals surface area contributed by atoms with Crippen molar-refractivity contribution in [2.24, 2.45) is 0 Å². The molecule has 0 aliphatic heterocycles. The maximum Gasteiger partial charge on any atom is 0.472 e. The fraction of sp³-hybridized carbons (Fsp3) is 0.616. The Morgan fingerprint density at radius 3 is 1.00 bits per heavy atom. The van der Waals surface area contributed by atoms with Gasteiger partial charge in [-0.2, -0.15) is 0 Å². The van der Waals surface area contributed by atoms with Gasteiger partial charge in [0.25, 0.3) is 0 Å². The average molecular weight is 1330 g/mol. The minimum Gasteiger partial charge on any atom is -0.462 e. The van der Waals surface area contributed by atoms with Gasteiger partial charge in [0.15, 0.2) is 12.2 Å². The number of hydrogen-bond donors (Lipinski definition) is 3. The summed E-state index contributed by atoms with van der Waals surface area (Å²) in [6, 6.07) is 0. The van der Waals surface area contributed by atoms with Crippen LogP contribution in [-0.4, -0.2) is 96.7 Å². The summed E-state index contributed by atoms with van der Waals surface area (Å²) in [6.45, 7) is 4.25. The highest BCUT2D eigenvalue weighted by Gasteiger charge is 2.30. The molecule has 0 aliphatic rings. The summed E-state index contributed by atoms with van der Waals surface area (Å²) < 4.78 is 67.8. The van der Waals surface area contributed by atoms with E-state index in [9.17, 15) is 43.2 Å². The van der Waals surface area contributed by atoms with Crippen molar-refractivity contribution in [2.75, 3.05) is 39.6 Å². The molecule has 19 heteroatoms. The van der Waals surface area contributed by atoms with Crippen LogP contribution in [0.25, 0.3) is 0 Å². The fourth-order valence-corrected chi connectivity index (χ4v) is 9.73. The van der Waals surface area contributed by atoms with Gasteiger partial charge in [-0.15, -0.1) is 0 Å². The maximum atomic E-state index is 13.0. The molecule has 5 atom stereocenters. The summed E-state index contributed by atoms with van der Waals surface area (Å²) in [5.74, 6) is -2.51. The molecule has 0 radical (unpaired) electrons. The molecule has 0 spiro atoms. The summed E-state index contributed by atoms with van der Waals surface area (Å²) in [7, 11) is -10.00. The molecule has 0 saturated carbocycles. The Labute approximate surface area is 554 Å². The topological polar surface area (TPSA) is 237 Å². The molecule has 0 heterocycles. The van der Waals surface area contributed by atoms with Crippen LogP contribution in [0.5, 0.6) is 0 Å². The number of aliphatic hydroxyl groups excluding tert-OH is 1. The van der Waals surface area contributed by atoms with Crippen LogP contribution in [0, 0.1) is 0 Å². The van der Waals surface area contributed by atoms with E-state index in [1.54, 1.807) is 24.3 Å². The molecule has 92 heavy (non-hydrogen) atoms. The Balaban J connectivity index is 5.50. The van der Waals surface area contributed by atoms with Gasteiger partial charge < -0.3 is 33.8 Å². The second kappa shape index (κ2) is 64.6. The number of allylic oxidation sites excluding steroid dienone is 22. The van der Waals surface area contributed by atoms with Gasteiger partial charge in [-0.05, 0) is 116 Å². The summed E-state index contributed by atoms with van der Waals surface area (Å²) in [5, 5.41) is 10.6. The second-order valence-electron chi connectivity index (χ2n) is 22.0. The van der Waals surface area contributed by atoms with E-state index in [-0.39, 0.29) is 25.7 Å². The van der Waals surface area contributed by atoms with Crippen molar-refractivity contribution in [1.82, 2.24) is 0 Å². The number of unbranched alkanes of at least 4 members (excludes halogenated alkanes) is 14. The van der Waals surface area contributed by atoms with E-state index in [4.69, 9.17) is 37.0 Å². The zero-order valence-corrected chi connectivity index (χ0v) is 58.2. The monoisotopic (exact) mass is 1330 g/mol. The summed E-state index contributed by atoms with van der Waals surface area (Å²) in [6.07, 6.45) is 70.9. The van der Waals surface area contributed by atoms with Crippen LogP contribution in [0.1, 0.15) is 233 Å². The molecular weight excluding hydrogens is 1210 g/mol. The summed E-state index contributed by atoms with van der Waals surface area (Å²) in [5.41, 5.74) is 0. The second-order valence-corrected chi connectivity index (χ2v) is 24.9. The first-order valence-corrected chi connectivity index (χ1v) is 37.1. The van der Waals surface area contributed by atoms with Crippen LogP contribution < -0.4 is 0 Å². The highest BCUT2D eigenvalue weighted by Crippen LogP contribution is 2.45. The lowest BCUT2D eigenvalue weighted by atomic mass is 10.1. The predicted octanol–water partition coefficient (Wildman–Crippen LogP) is 18.8. The Kier molecular flexibility index (Phi) is 61.1. The molecular formula is C73H118O17P2. The van der Waals surface area contributed by atoms with Crippen LogP contribution in [0.3, 0.4) is 0 Å². The Morgan fingerprint density at radius 1 is 0.326 bits per heavy atom. The molecule has 522 valence electrons. The Bertz CT molecular complexity index is 2330. The zero-order chi connectivity index (χ0) is 67.5. The number of carbonyl (C=O) groups excluding carboxylic acids is 4. The van der Waals surface area contributed by atoms with Crippen molar-refractivity contribution >= 4 is 39.5 Å². The minimum absolute atomic E-state index is 0.0747. The molecule has 0 aromatic rings. The van der Waals surface area contributed by atoms with E-state index in [2.05, 4.69) is 125 Å². The van der Waals surface area contributed by atoms with Gasteiger partial charge in [-0.3, -0.25) is 37.3 Å². The van der Waals surface area contributed by atoms with Gasteiger partial charge >= 0.3 is 39.5 Å². The molecule has 0 aliphatic carbocycles. The summed E-state index contributed by atoms with van der Waals surface area (Å²) in [4.78, 5) is 72.3. The van der Waals surface area contributed by atoms with Crippen LogP contribution in [0.15, 0.2) is 146 Å². The largest absolute Gasteiger partial charge is 0.472 e. The molecule has 17 nitrogen and oxygen atoms in total. The lowest BCUT2D eigenvalue weighted by Gasteiger charge is -2.21. The van der Waals surface area contributed by atoms with Crippen molar-refractivity contribution in [3.63, 3.8) is 0 Å². The number of carbonyl (C=O) groups is 4. The van der Waals surface area contributed by atoms with Gasteiger partial charge in [-0.1, -0.05) is 238 Å². The van der Waals surface area contributed by atoms with Gasteiger partial charge in [-0.25, -0.2) is 9.13 Å². The minimum atomic E-state index is -5.02. The molecule has 0 bridgehead atoms. The summed E-state index contributed by atoms with van der Waals surface area (Å²) >= 11 is 0. The van der Waals surface area contributed by atoms with E-state index in [0.717, 1.165) is 128 Å². The maximum absolute atomic E-state index is 13.0. The quantitative estimate of drug-likeness (QED) is 0.0169. The number of ether oxygens (including phenoxy) is 4. The number of phosphoric acid groups is 2. The first-order valence-electron chi connectivity index (χ1n) is 34.1. The molecule has 0 amide bonds. The third kappa shape index (κ3) is 63.7. The zero-order valence-electron chi connectivity index (χ0n) is 56.4. The van der Waals surface area contributed by atoms with E-state index in [0.29, 0.717) is 25.7 Å². The smallest absolute Gasteiger partial charge is 0.462 e. The number of hydrogen-bond acceptors (Lipinski definition) is 15.